The Bertz CT molecular complexity index is 1370. The molecule has 206 valence electrons. The highest BCUT2D eigenvalue weighted by Crippen LogP contribution is 2.49. The summed E-state index contributed by atoms with van der Waals surface area (Å²) >= 11 is 0. The van der Waals surface area contributed by atoms with Crippen molar-refractivity contribution in [2.45, 2.75) is 37.6 Å². The molecule has 1 amide bonds. The molecule has 2 aliphatic heterocycles. The maximum atomic E-state index is 14.8. The minimum Gasteiger partial charge on any atom is -0.395 e. The number of halogens is 3. The number of aliphatic hydroxyl groups is 1. The average molecular weight is 544 g/mol. The predicted octanol–water partition coefficient (Wildman–Crippen LogP) is 2.29. The van der Waals surface area contributed by atoms with Crippen LogP contribution in [0.15, 0.2) is 36.9 Å². The Kier molecular flexibility index (Phi) is 6.76. The summed E-state index contributed by atoms with van der Waals surface area (Å²) in [6, 6.07) is 3.33. The number of pyridine rings is 2. The van der Waals surface area contributed by atoms with E-state index in [0.29, 0.717) is 31.6 Å². The number of nitrogens with one attached hydrogen (secondary N) is 1. The van der Waals surface area contributed by atoms with Crippen molar-refractivity contribution in [3.8, 4) is 11.3 Å². The molecular weight excluding hydrogens is 515 g/mol. The Hall–Kier alpha value is -4.04. The van der Waals surface area contributed by atoms with E-state index in [-0.39, 0.29) is 41.5 Å². The average Bonchev–Trinajstić information content (AvgIpc) is 2.87. The van der Waals surface area contributed by atoms with Gasteiger partial charge in [0.1, 0.15) is 17.1 Å². The Morgan fingerprint density at radius 3 is 2.49 bits per heavy atom. The van der Waals surface area contributed by atoms with Gasteiger partial charge in [-0.25, -0.2) is 9.97 Å². The number of rotatable bonds is 5. The van der Waals surface area contributed by atoms with Crippen LogP contribution in [0.2, 0.25) is 0 Å². The van der Waals surface area contributed by atoms with Crippen LogP contribution in [0.5, 0.6) is 0 Å². The Morgan fingerprint density at radius 2 is 1.87 bits per heavy atom. The first-order chi connectivity index (χ1) is 18.4. The van der Waals surface area contributed by atoms with Crippen molar-refractivity contribution in [3.63, 3.8) is 0 Å². The summed E-state index contributed by atoms with van der Waals surface area (Å²) in [4.78, 5) is 32.5. The lowest BCUT2D eigenvalue weighted by Crippen LogP contribution is -2.51. The fourth-order valence-corrected chi connectivity index (χ4v) is 4.76. The fourth-order valence-electron chi connectivity index (χ4n) is 4.76. The molecule has 0 aromatic carbocycles. The lowest BCUT2D eigenvalue weighted by atomic mass is 9.90. The second kappa shape index (κ2) is 9.93. The normalized spacial score (nSPS) is 17.6. The number of β-amino-alcohol motifs (C(OH)–C–C–N with tert-alkyl or cyclic N) is 1. The summed E-state index contributed by atoms with van der Waals surface area (Å²) in [6.07, 6.45) is 0.721. The standard InChI is InChI=1S/C25H28F3N9O2/c1-24(30)4-9-36(10-5-24)16-3-2-6-33-20(16)17-18(25(26,27)28)21(35-23(39)15-11-31-7-8-32-15)34-22(19(17)29)37-12-14(38)13-37/h2-3,6-8,11,14,38H,4-5,9-10,12-13,29-30H2,1H3,(H,34,35,39). The third kappa shape index (κ3) is 5.29. The number of aliphatic hydroxyl groups excluding tert-OH is 1. The number of amides is 1. The molecule has 3 aromatic heterocycles. The van der Waals surface area contributed by atoms with Crippen LogP contribution in [0.1, 0.15) is 35.8 Å². The third-order valence-corrected chi connectivity index (χ3v) is 6.96. The van der Waals surface area contributed by atoms with E-state index in [4.69, 9.17) is 11.5 Å². The highest BCUT2D eigenvalue weighted by Gasteiger charge is 2.43. The molecule has 2 saturated heterocycles. The van der Waals surface area contributed by atoms with E-state index in [1.165, 1.54) is 18.6 Å². The van der Waals surface area contributed by atoms with E-state index in [1.807, 2.05) is 11.8 Å². The molecule has 0 spiro atoms. The number of nitrogens with two attached hydrogens (primary N) is 2. The van der Waals surface area contributed by atoms with E-state index < -0.39 is 35.1 Å². The Balaban J connectivity index is 1.70. The summed E-state index contributed by atoms with van der Waals surface area (Å²) in [5.74, 6) is -1.67. The number of carbonyl (C=O) groups is 1. The zero-order valence-electron chi connectivity index (χ0n) is 21.1. The van der Waals surface area contributed by atoms with E-state index in [1.54, 1.807) is 17.0 Å². The topological polar surface area (TPSA) is 159 Å². The Labute approximate surface area is 222 Å². The van der Waals surface area contributed by atoms with Gasteiger partial charge in [0.25, 0.3) is 5.91 Å². The maximum Gasteiger partial charge on any atom is 0.420 e. The van der Waals surface area contributed by atoms with Crippen LogP contribution in [0.4, 0.5) is 36.2 Å². The van der Waals surface area contributed by atoms with E-state index in [9.17, 15) is 23.1 Å². The number of carbonyl (C=O) groups excluding carboxylic acids is 1. The minimum atomic E-state index is -4.97. The molecule has 0 radical (unpaired) electrons. The minimum absolute atomic E-state index is 0.00234. The molecule has 11 nitrogen and oxygen atoms in total. The van der Waals surface area contributed by atoms with Gasteiger partial charge < -0.3 is 31.7 Å². The van der Waals surface area contributed by atoms with Crippen molar-refractivity contribution in [1.82, 2.24) is 19.9 Å². The van der Waals surface area contributed by atoms with E-state index >= 15 is 0 Å². The van der Waals surface area contributed by atoms with Gasteiger partial charge in [-0.05, 0) is 31.9 Å². The number of aromatic nitrogens is 4. The van der Waals surface area contributed by atoms with Gasteiger partial charge in [0.2, 0.25) is 0 Å². The van der Waals surface area contributed by atoms with Gasteiger partial charge in [0, 0.05) is 55.9 Å². The van der Waals surface area contributed by atoms with Crippen molar-refractivity contribution in [2.24, 2.45) is 5.73 Å². The van der Waals surface area contributed by atoms with Gasteiger partial charge in [-0.2, -0.15) is 13.2 Å². The molecule has 2 aliphatic rings. The van der Waals surface area contributed by atoms with Crippen LogP contribution in [-0.2, 0) is 6.18 Å². The van der Waals surface area contributed by atoms with Crippen LogP contribution in [-0.4, -0.2) is 68.8 Å². The molecule has 0 unspecified atom stereocenters. The molecule has 39 heavy (non-hydrogen) atoms. The summed E-state index contributed by atoms with van der Waals surface area (Å²) < 4.78 is 44.4. The number of alkyl halides is 3. The van der Waals surface area contributed by atoms with Crippen LogP contribution in [0.25, 0.3) is 11.3 Å². The number of anilines is 4. The molecule has 0 saturated carbocycles. The van der Waals surface area contributed by atoms with Crippen LogP contribution < -0.4 is 26.6 Å². The molecule has 0 aliphatic carbocycles. The van der Waals surface area contributed by atoms with Gasteiger partial charge in [-0.15, -0.1) is 0 Å². The fraction of sp³-hybridized carbons (Fsp3) is 0.400. The number of piperidine rings is 1. The van der Waals surface area contributed by atoms with Crippen molar-refractivity contribution in [3.05, 3.63) is 48.2 Å². The zero-order valence-corrected chi connectivity index (χ0v) is 21.1. The summed E-state index contributed by atoms with van der Waals surface area (Å²) in [7, 11) is 0. The lowest BCUT2D eigenvalue weighted by Gasteiger charge is -2.39. The molecule has 3 aromatic rings. The highest BCUT2D eigenvalue weighted by atomic mass is 19.4. The predicted molar refractivity (Wildman–Crippen MR) is 139 cm³/mol. The van der Waals surface area contributed by atoms with Crippen molar-refractivity contribution in [2.75, 3.05) is 47.0 Å². The van der Waals surface area contributed by atoms with Crippen LogP contribution >= 0.6 is 0 Å². The SMILES string of the molecule is CC1(N)CCN(c2cccnc2-c2c(N)c(N3CC(O)C3)nc(NC(=O)c3cnccn3)c2C(F)(F)F)CC1. The summed E-state index contributed by atoms with van der Waals surface area (Å²) in [6.45, 7) is 3.21. The van der Waals surface area contributed by atoms with Crippen LogP contribution in [0, 0.1) is 0 Å². The highest BCUT2D eigenvalue weighted by molar-refractivity contribution is 6.04. The first-order valence-electron chi connectivity index (χ1n) is 12.3. The van der Waals surface area contributed by atoms with Crippen molar-refractivity contribution in [1.29, 1.82) is 0 Å². The Morgan fingerprint density at radius 1 is 1.15 bits per heavy atom. The van der Waals surface area contributed by atoms with E-state index in [2.05, 4.69) is 25.3 Å². The lowest BCUT2D eigenvalue weighted by molar-refractivity contribution is -0.136. The van der Waals surface area contributed by atoms with Gasteiger partial charge in [-0.1, -0.05) is 0 Å². The number of nitrogen functional groups attached to an aromatic ring is 1. The maximum absolute atomic E-state index is 14.8. The molecule has 5 rings (SSSR count). The monoisotopic (exact) mass is 543 g/mol. The largest absolute Gasteiger partial charge is 0.420 e. The quantitative estimate of drug-likeness (QED) is 0.376. The van der Waals surface area contributed by atoms with Gasteiger partial charge >= 0.3 is 6.18 Å². The molecular formula is C25H28F3N9O2. The molecule has 6 N–H and O–H groups in total. The van der Waals surface area contributed by atoms with Gasteiger partial charge in [0.05, 0.1) is 29.4 Å². The number of hydrogen-bond acceptors (Lipinski definition) is 10. The van der Waals surface area contributed by atoms with Crippen molar-refractivity contribution < 1.29 is 23.1 Å². The van der Waals surface area contributed by atoms with Crippen LogP contribution in [0.3, 0.4) is 0 Å². The van der Waals surface area contributed by atoms with E-state index in [0.717, 1.165) is 6.20 Å². The molecule has 14 heteroatoms. The molecule has 5 heterocycles. The second-order valence-electron chi connectivity index (χ2n) is 10.1. The summed E-state index contributed by atoms with van der Waals surface area (Å²) in [5.41, 5.74) is 10.7. The number of hydrogen-bond donors (Lipinski definition) is 4. The third-order valence-electron chi connectivity index (χ3n) is 6.96. The van der Waals surface area contributed by atoms with Gasteiger partial charge in [0.15, 0.2) is 5.82 Å². The van der Waals surface area contributed by atoms with Gasteiger partial charge in [-0.3, -0.25) is 14.8 Å². The first kappa shape index (κ1) is 26.6. The van der Waals surface area contributed by atoms with Crippen molar-refractivity contribution >= 4 is 28.9 Å². The zero-order chi connectivity index (χ0) is 27.9. The first-order valence-corrected chi connectivity index (χ1v) is 12.3. The number of nitrogens with zero attached hydrogens (tertiary/aromatic N) is 6. The molecule has 0 atom stereocenters. The summed E-state index contributed by atoms with van der Waals surface area (Å²) in [5, 5.41) is 12.1. The molecule has 2 fully saturated rings. The smallest absolute Gasteiger partial charge is 0.395 e. The molecule has 0 bridgehead atoms. The second-order valence-corrected chi connectivity index (χ2v) is 10.1.